The molecule has 0 aliphatic carbocycles. The molecule has 0 radical (unpaired) electrons. The van der Waals surface area contributed by atoms with E-state index >= 15 is 0 Å². The third-order valence-corrected chi connectivity index (χ3v) is 2.76. The molecule has 1 aliphatic rings. The summed E-state index contributed by atoms with van der Waals surface area (Å²) in [5, 5.41) is 0.697. The number of ketones is 1. The standard InChI is InChI=1S/C8H7ClO2Si/c1-5-7-3-2-6(9)4-8(7)11-12-10-5/h2-4,12H,1H3. The highest BCUT2D eigenvalue weighted by atomic mass is 35.5. The van der Waals surface area contributed by atoms with E-state index in [-0.39, 0.29) is 0 Å². The summed E-state index contributed by atoms with van der Waals surface area (Å²) in [7, 11) is -0.405. The summed E-state index contributed by atoms with van der Waals surface area (Å²) in [6, 6.07) is 5.55. The maximum atomic E-state index is 5.80. The van der Waals surface area contributed by atoms with E-state index in [1.54, 1.807) is 0 Å². The zero-order chi connectivity index (χ0) is 8.55. The van der Waals surface area contributed by atoms with Crippen molar-refractivity contribution >= 4 is 27.4 Å². The second kappa shape index (κ2) is 2.92. The van der Waals surface area contributed by atoms with Crippen LogP contribution < -0.4 is 4.43 Å². The van der Waals surface area contributed by atoms with Crippen molar-refractivity contribution in [2.75, 3.05) is 0 Å². The molecular weight excluding hydrogens is 192 g/mol. The molecule has 4 heteroatoms. The number of benzene rings is 1. The Morgan fingerprint density at radius 3 is 3.17 bits per heavy atom. The second-order valence-corrected chi connectivity index (χ2v) is 3.63. The van der Waals surface area contributed by atoms with Crippen molar-refractivity contribution in [1.29, 1.82) is 0 Å². The molecule has 1 aromatic rings. The third-order valence-electron chi connectivity index (χ3n) is 1.72. The van der Waals surface area contributed by atoms with E-state index < -0.39 is 10.0 Å². The van der Waals surface area contributed by atoms with Crippen LogP contribution in [0.4, 0.5) is 0 Å². The summed E-state index contributed by atoms with van der Waals surface area (Å²) in [5.74, 6) is 1.75. The maximum absolute atomic E-state index is 5.80. The predicted octanol–water partition coefficient (Wildman–Crippen LogP) is 1.74. The minimum absolute atomic E-state index is 0.405. The molecule has 0 aromatic heterocycles. The minimum Gasteiger partial charge on any atom is -0.618 e. The van der Waals surface area contributed by atoms with Crippen molar-refractivity contribution in [3.8, 4) is 5.75 Å². The Labute approximate surface area is 77.9 Å². The summed E-state index contributed by atoms with van der Waals surface area (Å²) < 4.78 is 10.6. The predicted molar refractivity (Wildman–Crippen MR) is 49.2 cm³/mol. The lowest BCUT2D eigenvalue weighted by atomic mass is 10.1. The van der Waals surface area contributed by atoms with Gasteiger partial charge in [-0.2, -0.15) is 0 Å². The molecule has 0 amide bonds. The number of rotatable bonds is 0. The molecule has 0 bridgehead atoms. The van der Waals surface area contributed by atoms with Gasteiger partial charge in [0.05, 0.1) is 5.75 Å². The molecule has 0 atom stereocenters. The molecule has 2 nitrogen and oxygen atoms in total. The topological polar surface area (TPSA) is 20.5 Å². The highest BCUT2D eigenvalue weighted by Gasteiger charge is 2.15. The summed E-state index contributed by atoms with van der Waals surface area (Å²) in [5.41, 5.74) is 0.998. The molecule has 1 heterocycles. The van der Waals surface area contributed by atoms with Crippen LogP contribution in [0.25, 0.3) is 0 Å². The van der Waals surface area contributed by atoms with Crippen LogP contribution in [0.1, 0.15) is 16.6 Å². The monoisotopic (exact) mass is 198 g/mol. The first-order valence-corrected chi connectivity index (χ1v) is 4.88. The van der Waals surface area contributed by atoms with Gasteiger partial charge in [-0.25, -0.2) is 0 Å². The Bertz CT molecular complexity index is 349. The van der Waals surface area contributed by atoms with Crippen LogP contribution in [-0.4, -0.2) is 15.8 Å². The molecule has 12 heavy (non-hydrogen) atoms. The molecule has 0 saturated heterocycles. The van der Waals surface area contributed by atoms with Crippen LogP contribution in [0, 0.1) is 0 Å². The highest BCUT2D eigenvalue weighted by Crippen LogP contribution is 2.25. The molecular formula is C8H7ClO2Si. The van der Waals surface area contributed by atoms with Gasteiger partial charge in [-0.3, -0.25) is 0 Å². The van der Waals surface area contributed by atoms with Crippen molar-refractivity contribution in [2.45, 2.75) is 6.92 Å². The van der Waals surface area contributed by atoms with Gasteiger partial charge in [-0.05, 0) is 18.2 Å². The third kappa shape index (κ3) is 1.25. The second-order valence-electron chi connectivity index (χ2n) is 2.53. The van der Waals surface area contributed by atoms with E-state index in [1.807, 2.05) is 25.1 Å². The summed E-state index contributed by atoms with van der Waals surface area (Å²) in [4.78, 5) is 0. The van der Waals surface area contributed by atoms with Crippen molar-refractivity contribution in [1.82, 2.24) is 0 Å². The molecule has 0 fully saturated rings. The van der Waals surface area contributed by atoms with Crippen molar-refractivity contribution in [3.63, 3.8) is 0 Å². The Morgan fingerprint density at radius 2 is 2.33 bits per heavy atom. The van der Waals surface area contributed by atoms with E-state index in [9.17, 15) is 0 Å². The van der Waals surface area contributed by atoms with Gasteiger partial charge in [0.1, 0.15) is 5.56 Å². The largest absolute Gasteiger partial charge is 0.618 e. The van der Waals surface area contributed by atoms with E-state index in [2.05, 4.69) is 0 Å². The number of hydrogen-bond donors (Lipinski definition) is 0. The van der Waals surface area contributed by atoms with E-state index in [0.717, 1.165) is 17.1 Å². The van der Waals surface area contributed by atoms with Crippen LogP contribution in [0.2, 0.25) is 5.02 Å². The average molecular weight is 199 g/mol. The fourth-order valence-corrected chi connectivity index (χ4v) is 1.88. The van der Waals surface area contributed by atoms with Crippen molar-refractivity contribution < 1.29 is 8.54 Å². The molecule has 0 N–H and O–H groups in total. The fourth-order valence-electron chi connectivity index (χ4n) is 1.10. The lowest BCUT2D eigenvalue weighted by Gasteiger charge is -2.14. The molecule has 2 rings (SSSR count). The number of fused-ring (bicyclic) bond motifs is 1. The summed E-state index contributed by atoms with van der Waals surface area (Å²) in [6.07, 6.45) is 0. The first-order chi connectivity index (χ1) is 5.77. The number of hydrogen-bond acceptors (Lipinski definition) is 1. The van der Waals surface area contributed by atoms with Crippen molar-refractivity contribution in [2.24, 2.45) is 0 Å². The van der Waals surface area contributed by atoms with Gasteiger partial charge < -0.3 is 8.54 Å². The molecule has 0 saturated carbocycles. The Balaban J connectivity index is 2.56. The SMILES string of the molecule is CC1=[O+][SiH-]Oc2cc(Cl)ccc21. The maximum Gasteiger partial charge on any atom is 0.440 e. The molecule has 0 unspecified atom stereocenters. The van der Waals surface area contributed by atoms with E-state index in [0.29, 0.717) is 5.02 Å². The smallest absolute Gasteiger partial charge is 0.440 e. The summed E-state index contributed by atoms with van der Waals surface area (Å²) >= 11 is 5.80. The van der Waals surface area contributed by atoms with Crippen LogP contribution in [-0.2, 0) is 0 Å². The Kier molecular flexibility index (Phi) is 1.90. The molecule has 0 spiro atoms. The van der Waals surface area contributed by atoms with Gasteiger partial charge >= 0.3 is 10.0 Å². The first kappa shape index (κ1) is 7.83. The van der Waals surface area contributed by atoms with Gasteiger partial charge in [-0.1, -0.05) is 11.6 Å². The zero-order valence-electron chi connectivity index (χ0n) is 6.50. The molecule has 1 aromatic carbocycles. The molecule has 62 valence electrons. The van der Waals surface area contributed by atoms with Gasteiger partial charge in [0.2, 0.25) is 0 Å². The van der Waals surface area contributed by atoms with E-state index in [4.69, 9.17) is 20.1 Å². The Hall–Kier alpha value is -0.803. The molecule has 1 aliphatic heterocycles. The van der Waals surface area contributed by atoms with Crippen LogP contribution >= 0.6 is 11.6 Å². The first-order valence-electron chi connectivity index (χ1n) is 3.56. The average Bonchev–Trinajstić information content (AvgIpc) is 2.04. The van der Waals surface area contributed by atoms with Gasteiger partial charge in [0, 0.05) is 11.9 Å². The summed E-state index contributed by atoms with van der Waals surface area (Å²) in [6.45, 7) is 1.93. The number of carbonyl (C=O) groups excluding carboxylic acids is 1. The minimum atomic E-state index is -0.405. The lowest BCUT2D eigenvalue weighted by molar-refractivity contribution is -0.102. The lowest BCUT2D eigenvalue weighted by Crippen LogP contribution is -2.13. The van der Waals surface area contributed by atoms with Gasteiger partial charge in [-0.15, -0.1) is 0 Å². The number of halogens is 1. The van der Waals surface area contributed by atoms with Crippen LogP contribution in [0.5, 0.6) is 5.75 Å². The normalized spacial score (nSPS) is 14.0. The zero-order valence-corrected chi connectivity index (χ0v) is 8.41. The van der Waals surface area contributed by atoms with Crippen molar-refractivity contribution in [3.05, 3.63) is 28.8 Å². The van der Waals surface area contributed by atoms with E-state index in [1.165, 1.54) is 0 Å². The fraction of sp³-hybridized carbons (Fsp3) is 0.125. The quantitative estimate of drug-likeness (QED) is 0.460. The van der Waals surface area contributed by atoms with Gasteiger partial charge in [0.15, 0.2) is 0 Å². The highest BCUT2D eigenvalue weighted by molar-refractivity contribution is 6.31. The van der Waals surface area contributed by atoms with Crippen LogP contribution in [0.3, 0.4) is 0 Å². The Morgan fingerprint density at radius 1 is 1.50 bits per heavy atom. The van der Waals surface area contributed by atoms with Gasteiger partial charge in [0.25, 0.3) is 5.78 Å². The van der Waals surface area contributed by atoms with Crippen LogP contribution in [0.15, 0.2) is 18.2 Å².